The quantitative estimate of drug-likeness (QED) is 0.298. The second kappa shape index (κ2) is 9.04. The van der Waals surface area contributed by atoms with Gasteiger partial charge in [0.2, 0.25) is 0 Å². The minimum Gasteiger partial charge on any atom is -0.462 e. The summed E-state index contributed by atoms with van der Waals surface area (Å²) in [5.41, 5.74) is 7.28. The predicted molar refractivity (Wildman–Crippen MR) is 138 cm³/mol. The van der Waals surface area contributed by atoms with Crippen molar-refractivity contribution in [1.29, 1.82) is 0 Å². The van der Waals surface area contributed by atoms with Gasteiger partial charge in [-0.3, -0.25) is 4.79 Å². The van der Waals surface area contributed by atoms with Gasteiger partial charge in [-0.05, 0) is 109 Å². The molecule has 0 aromatic rings. The topological polar surface area (TPSA) is 26.3 Å². The van der Waals surface area contributed by atoms with E-state index >= 15 is 0 Å². The summed E-state index contributed by atoms with van der Waals surface area (Å²) < 4.78 is 5.74. The number of carbonyl (C=O) groups is 1. The van der Waals surface area contributed by atoms with Gasteiger partial charge in [-0.2, -0.15) is 0 Å². The molecule has 184 valence electrons. The van der Waals surface area contributed by atoms with Crippen LogP contribution in [-0.4, -0.2) is 12.1 Å². The Hall–Kier alpha value is -1.31. The summed E-state index contributed by atoms with van der Waals surface area (Å²) in [4.78, 5) is 11.6. The summed E-state index contributed by atoms with van der Waals surface area (Å²) in [5.74, 6) is 3.08. The first-order chi connectivity index (χ1) is 15.5. The molecule has 0 unspecified atom stereocenters. The Balaban J connectivity index is 1.54. The number of rotatable bonds is 6. The van der Waals surface area contributed by atoms with Crippen molar-refractivity contribution < 1.29 is 9.53 Å². The van der Waals surface area contributed by atoms with E-state index in [4.69, 9.17) is 4.74 Å². The molecule has 0 heterocycles. The lowest BCUT2D eigenvalue weighted by atomic mass is 9.49. The lowest BCUT2D eigenvalue weighted by Crippen LogP contribution is -2.48. The van der Waals surface area contributed by atoms with E-state index in [-0.39, 0.29) is 17.5 Å². The average Bonchev–Trinajstić information content (AvgIpc) is 3.11. The number of allylic oxidation sites excluding steroid dienone is 5. The van der Waals surface area contributed by atoms with Crippen molar-refractivity contribution >= 4 is 5.97 Å². The first kappa shape index (κ1) is 24.8. The highest BCUT2D eigenvalue weighted by Gasteiger charge is 2.55. The van der Waals surface area contributed by atoms with Crippen LogP contribution in [0, 0.1) is 40.4 Å². The fourth-order valence-corrected chi connectivity index (χ4v) is 8.47. The number of hydrogen-bond acceptors (Lipinski definition) is 2. The molecule has 2 nitrogen and oxygen atoms in total. The maximum absolute atomic E-state index is 11.6. The molecule has 4 aliphatic carbocycles. The van der Waals surface area contributed by atoms with Crippen molar-refractivity contribution in [3.8, 4) is 0 Å². The predicted octanol–water partition coefficient (Wildman–Crippen LogP) is 8.44. The first-order valence-electron chi connectivity index (χ1n) is 13.8. The van der Waals surface area contributed by atoms with Gasteiger partial charge in [0.05, 0.1) is 0 Å². The molecular formula is C31H48O2. The molecule has 7 atom stereocenters. The van der Waals surface area contributed by atoms with Crippen LogP contribution in [-0.2, 0) is 9.53 Å². The summed E-state index contributed by atoms with van der Waals surface area (Å²) in [5, 5.41) is 0. The van der Waals surface area contributed by atoms with Gasteiger partial charge in [0, 0.05) is 6.92 Å². The van der Waals surface area contributed by atoms with Crippen LogP contribution in [0.2, 0.25) is 0 Å². The lowest BCUT2D eigenvalue weighted by molar-refractivity contribution is -0.155. The van der Waals surface area contributed by atoms with Gasteiger partial charge in [-0.25, -0.2) is 0 Å². The Kier molecular flexibility index (Phi) is 6.80. The van der Waals surface area contributed by atoms with E-state index in [9.17, 15) is 4.79 Å². The monoisotopic (exact) mass is 452 g/mol. The molecule has 4 aliphatic rings. The molecule has 4 rings (SSSR count). The van der Waals surface area contributed by atoms with Gasteiger partial charge in [-0.1, -0.05) is 65.3 Å². The molecule has 0 aliphatic heterocycles. The van der Waals surface area contributed by atoms with E-state index in [1.165, 1.54) is 56.9 Å². The fourth-order valence-electron chi connectivity index (χ4n) is 8.47. The van der Waals surface area contributed by atoms with Crippen molar-refractivity contribution in [3.63, 3.8) is 0 Å². The normalized spacial score (nSPS) is 38.8. The van der Waals surface area contributed by atoms with E-state index in [0.717, 1.165) is 18.3 Å². The van der Waals surface area contributed by atoms with Crippen molar-refractivity contribution in [2.75, 3.05) is 0 Å². The van der Waals surface area contributed by atoms with Gasteiger partial charge in [-0.15, -0.1) is 0 Å². The first-order valence-corrected chi connectivity index (χ1v) is 13.8. The molecule has 0 saturated heterocycles. The van der Waals surface area contributed by atoms with Crippen LogP contribution >= 0.6 is 0 Å². The second-order valence-corrected chi connectivity index (χ2v) is 12.8. The average molecular weight is 453 g/mol. The summed E-state index contributed by atoms with van der Waals surface area (Å²) >= 11 is 0. The number of fused-ring (bicyclic) bond motifs is 4. The highest BCUT2D eigenvalue weighted by atomic mass is 16.5. The zero-order valence-corrected chi connectivity index (χ0v) is 22.4. The van der Waals surface area contributed by atoms with E-state index in [2.05, 4.69) is 54.2 Å². The largest absolute Gasteiger partial charge is 0.462 e. The van der Waals surface area contributed by atoms with Crippen LogP contribution in [0.4, 0.5) is 0 Å². The maximum atomic E-state index is 11.6. The number of esters is 1. The van der Waals surface area contributed by atoms with E-state index in [1.54, 1.807) is 23.6 Å². The molecule has 0 bridgehead atoms. The number of hydrogen-bond donors (Lipinski definition) is 0. The summed E-state index contributed by atoms with van der Waals surface area (Å²) in [7, 11) is 0. The maximum Gasteiger partial charge on any atom is 0.302 e. The molecule has 1 saturated carbocycles. The molecule has 0 N–H and O–H groups in total. The zero-order chi connectivity index (χ0) is 24.1. The lowest BCUT2D eigenvalue weighted by Gasteiger charge is -2.56. The summed E-state index contributed by atoms with van der Waals surface area (Å²) in [6, 6.07) is 0. The minimum atomic E-state index is -0.118. The molecular weight excluding hydrogens is 404 g/mol. The van der Waals surface area contributed by atoms with Crippen molar-refractivity contribution in [2.45, 2.75) is 112 Å². The van der Waals surface area contributed by atoms with Crippen LogP contribution < -0.4 is 0 Å². The SMILES string of the molecule is C=C(CC[C@@H](C)[C@H]1CC=C2C3=C(CC[C@@]21C)[C@@]1(C)CC[C@H](OC(C)=O)[C@@H](C)[C@@H]1CC3)C(C)C. The molecule has 2 heteroatoms. The van der Waals surface area contributed by atoms with Crippen LogP contribution in [0.1, 0.15) is 106 Å². The van der Waals surface area contributed by atoms with E-state index < -0.39 is 0 Å². The number of ether oxygens (including phenoxy) is 1. The number of carbonyl (C=O) groups excluding carboxylic acids is 1. The summed E-state index contributed by atoms with van der Waals surface area (Å²) in [6.07, 6.45) is 13.7. The smallest absolute Gasteiger partial charge is 0.302 e. The fraction of sp³-hybridized carbons (Fsp3) is 0.774. The third kappa shape index (κ3) is 4.19. The molecule has 0 radical (unpaired) electrons. The molecule has 0 aromatic carbocycles. The van der Waals surface area contributed by atoms with Gasteiger partial charge in [0.1, 0.15) is 6.10 Å². The molecule has 0 amide bonds. The molecule has 1 fully saturated rings. The van der Waals surface area contributed by atoms with Crippen LogP contribution in [0.5, 0.6) is 0 Å². The van der Waals surface area contributed by atoms with Gasteiger partial charge in [0.25, 0.3) is 0 Å². The van der Waals surface area contributed by atoms with Crippen molar-refractivity contribution in [1.82, 2.24) is 0 Å². The summed E-state index contributed by atoms with van der Waals surface area (Å²) in [6.45, 7) is 20.4. The standard InChI is InChI=1S/C31H48O2/c1-19(2)20(3)9-10-21(4)25-13-14-27-24-11-12-26-22(5)29(33-23(6)32)16-18-31(26,8)28(24)15-17-30(25,27)7/h14,19,21-22,25-26,29H,3,9-13,15-18H2,1-2,4-8H3/t21-,22+,25-,26+,29+,30-,31+/m1/s1. The van der Waals surface area contributed by atoms with Crippen molar-refractivity contribution in [2.24, 2.45) is 40.4 Å². The Morgan fingerprint density at radius 3 is 2.55 bits per heavy atom. The third-order valence-corrected chi connectivity index (χ3v) is 10.7. The van der Waals surface area contributed by atoms with Crippen LogP contribution in [0.3, 0.4) is 0 Å². The van der Waals surface area contributed by atoms with Gasteiger partial charge in [0.15, 0.2) is 0 Å². The Bertz CT molecular complexity index is 860. The molecule has 0 spiro atoms. The Morgan fingerprint density at radius 2 is 1.88 bits per heavy atom. The van der Waals surface area contributed by atoms with Gasteiger partial charge >= 0.3 is 5.97 Å². The third-order valence-electron chi connectivity index (χ3n) is 10.7. The molecule has 33 heavy (non-hydrogen) atoms. The van der Waals surface area contributed by atoms with Crippen LogP contribution in [0.25, 0.3) is 0 Å². The molecule has 0 aromatic heterocycles. The minimum absolute atomic E-state index is 0.105. The van der Waals surface area contributed by atoms with Gasteiger partial charge < -0.3 is 4.74 Å². The van der Waals surface area contributed by atoms with Crippen molar-refractivity contribution in [3.05, 3.63) is 34.9 Å². The second-order valence-electron chi connectivity index (χ2n) is 12.8. The highest BCUT2D eigenvalue weighted by molar-refractivity contribution is 5.66. The zero-order valence-electron chi connectivity index (χ0n) is 22.4. The van der Waals surface area contributed by atoms with E-state index in [0.29, 0.717) is 23.2 Å². The van der Waals surface area contributed by atoms with E-state index in [1.807, 2.05) is 0 Å². The van der Waals surface area contributed by atoms with Crippen LogP contribution in [0.15, 0.2) is 34.9 Å². The highest BCUT2D eigenvalue weighted by Crippen LogP contribution is 2.65. The Morgan fingerprint density at radius 1 is 1.15 bits per heavy atom. The Labute approximate surface area is 203 Å².